The van der Waals surface area contributed by atoms with Crippen molar-refractivity contribution in [2.45, 2.75) is 0 Å². The number of aromatic carboxylic acids is 1. The van der Waals surface area contributed by atoms with Crippen LogP contribution in [0.15, 0.2) is 54.6 Å². The van der Waals surface area contributed by atoms with Crippen molar-refractivity contribution in [2.75, 3.05) is 0 Å². The first-order valence-electron chi connectivity index (χ1n) is 5.53. The van der Waals surface area contributed by atoms with Crippen molar-refractivity contribution in [1.82, 2.24) is 5.48 Å². The fraction of sp³-hybridized carbons (Fsp3) is 0. The molecule has 0 saturated heterocycles. The molecule has 0 unspecified atom stereocenters. The van der Waals surface area contributed by atoms with Crippen molar-refractivity contribution < 1.29 is 19.5 Å². The van der Waals surface area contributed by atoms with Crippen LogP contribution in [0.1, 0.15) is 20.7 Å². The van der Waals surface area contributed by atoms with Crippen LogP contribution in [0.4, 0.5) is 0 Å². The van der Waals surface area contributed by atoms with Crippen molar-refractivity contribution in [2.24, 2.45) is 0 Å². The molecule has 6 heteroatoms. The summed E-state index contributed by atoms with van der Waals surface area (Å²) in [5, 5.41) is 8.96. The number of hydrogen-bond donors (Lipinski definition) is 2. The Labute approximate surface area is 145 Å². The monoisotopic (exact) mass is 299 g/mol. The van der Waals surface area contributed by atoms with E-state index in [4.69, 9.17) is 9.94 Å². The minimum absolute atomic E-state index is 0. The molecule has 2 N–H and O–H groups in total. The molecular formula is C14H13CaNO4. The number of carboxylic acids is 1. The third kappa shape index (κ3) is 4.23. The van der Waals surface area contributed by atoms with Crippen LogP contribution in [-0.2, 0) is 0 Å². The number of carbonyl (C=O) groups is 2. The Morgan fingerprint density at radius 1 is 0.950 bits per heavy atom. The summed E-state index contributed by atoms with van der Waals surface area (Å²) >= 11 is 0. The van der Waals surface area contributed by atoms with E-state index in [0.29, 0.717) is 5.56 Å². The zero-order valence-corrected chi connectivity index (χ0v) is 9.87. The van der Waals surface area contributed by atoms with Gasteiger partial charge in [0.05, 0.1) is 0 Å². The molecule has 0 aliphatic heterocycles. The van der Waals surface area contributed by atoms with E-state index in [1.54, 1.807) is 42.5 Å². The van der Waals surface area contributed by atoms with Crippen LogP contribution in [0.3, 0.4) is 0 Å². The van der Waals surface area contributed by atoms with E-state index in [-0.39, 0.29) is 49.1 Å². The Hall–Kier alpha value is -1.56. The summed E-state index contributed by atoms with van der Waals surface area (Å²) in [5.41, 5.74) is 2.62. The molecule has 0 atom stereocenters. The standard InChI is InChI=1S/C14H11NO4.Ca.2H/c16-13(10-6-2-1-3-7-10)15-19-12-9-5-4-8-11(12)14(17)18;;;/h1-9H,(H,15,16)(H,17,18);;;. The van der Waals surface area contributed by atoms with E-state index < -0.39 is 11.9 Å². The van der Waals surface area contributed by atoms with Crippen LogP contribution in [0.25, 0.3) is 0 Å². The van der Waals surface area contributed by atoms with Gasteiger partial charge in [0.2, 0.25) is 0 Å². The molecule has 0 spiro atoms. The Morgan fingerprint density at radius 3 is 2.20 bits per heavy atom. The van der Waals surface area contributed by atoms with Crippen molar-refractivity contribution >= 4 is 49.6 Å². The van der Waals surface area contributed by atoms with E-state index >= 15 is 0 Å². The second kappa shape index (κ2) is 7.89. The minimum atomic E-state index is -1.12. The van der Waals surface area contributed by atoms with Gasteiger partial charge in [-0.2, -0.15) is 5.48 Å². The van der Waals surface area contributed by atoms with Crippen LogP contribution in [0.2, 0.25) is 0 Å². The van der Waals surface area contributed by atoms with Crippen LogP contribution in [0.5, 0.6) is 5.75 Å². The van der Waals surface area contributed by atoms with Gasteiger partial charge < -0.3 is 9.94 Å². The SMILES string of the molecule is O=C(NOc1ccccc1C(=O)O)c1ccccc1.[CaH2]. The molecule has 2 rings (SSSR count). The second-order valence-electron chi connectivity index (χ2n) is 3.70. The summed E-state index contributed by atoms with van der Waals surface area (Å²) in [5.74, 6) is -1.48. The van der Waals surface area contributed by atoms with E-state index in [1.165, 1.54) is 12.1 Å². The zero-order valence-electron chi connectivity index (χ0n) is 9.87. The van der Waals surface area contributed by atoms with Crippen LogP contribution >= 0.6 is 0 Å². The summed E-state index contributed by atoms with van der Waals surface area (Å²) in [4.78, 5) is 27.7. The van der Waals surface area contributed by atoms with Gasteiger partial charge in [-0.15, -0.1) is 0 Å². The van der Waals surface area contributed by atoms with Crippen LogP contribution in [-0.4, -0.2) is 54.7 Å². The van der Waals surface area contributed by atoms with E-state index in [0.717, 1.165) is 0 Å². The fourth-order valence-corrected chi connectivity index (χ4v) is 1.48. The number of benzene rings is 2. The molecule has 0 aliphatic carbocycles. The van der Waals surface area contributed by atoms with Crippen LogP contribution < -0.4 is 10.3 Å². The van der Waals surface area contributed by atoms with Crippen molar-refractivity contribution in [3.63, 3.8) is 0 Å². The molecule has 0 aromatic heterocycles. The Balaban J connectivity index is 0.00000200. The molecule has 100 valence electrons. The maximum atomic E-state index is 11.7. The summed E-state index contributed by atoms with van der Waals surface area (Å²) in [6.45, 7) is 0. The summed E-state index contributed by atoms with van der Waals surface area (Å²) in [6, 6.07) is 14.5. The molecule has 2 aromatic carbocycles. The number of rotatable bonds is 4. The number of hydrogen-bond acceptors (Lipinski definition) is 3. The van der Waals surface area contributed by atoms with E-state index in [2.05, 4.69) is 5.48 Å². The number of carbonyl (C=O) groups excluding carboxylic acids is 1. The number of hydroxylamine groups is 1. The molecule has 0 heterocycles. The van der Waals surface area contributed by atoms with Gasteiger partial charge in [-0.05, 0) is 24.3 Å². The molecule has 0 saturated carbocycles. The Bertz CT molecular complexity index is 601. The fourth-order valence-electron chi connectivity index (χ4n) is 1.48. The number of nitrogens with one attached hydrogen (secondary N) is 1. The van der Waals surface area contributed by atoms with E-state index in [9.17, 15) is 9.59 Å². The van der Waals surface area contributed by atoms with Gasteiger partial charge in [-0.25, -0.2) is 4.79 Å². The number of para-hydroxylation sites is 1. The third-order valence-electron chi connectivity index (χ3n) is 2.41. The Morgan fingerprint density at radius 2 is 1.55 bits per heavy atom. The van der Waals surface area contributed by atoms with Gasteiger partial charge in [0, 0.05) is 5.56 Å². The average Bonchev–Trinajstić information content (AvgIpc) is 2.46. The second-order valence-corrected chi connectivity index (χ2v) is 3.70. The predicted octanol–water partition coefficient (Wildman–Crippen LogP) is 1.19. The quantitative estimate of drug-likeness (QED) is 0.657. The molecule has 20 heavy (non-hydrogen) atoms. The normalized spacial score (nSPS) is 9.20. The predicted molar refractivity (Wildman–Crippen MR) is 76.5 cm³/mol. The third-order valence-corrected chi connectivity index (χ3v) is 2.41. The summed E-state index contributed by atoms with van der Waals surface area (Å²) in [7, 11) is 0. The maximum absolute atomic E-state index is 11.7. The van der Waals surface area contributed by atoms with E-state index in [1.807, 2.05) is 0 Å². The Kier molecular flexibility index (Phi) is 6.51. The first-order valence-corrected chi connectivity index (χ1v) is 5.53. The van der Waals surface area contributed by atoms with Crippen molar-refractivity contribution in [3.05, 3.63) is 65.7 Å². The molecule has 0 fully saturated rings. The summed E-state index contributed by atoms with van der Waals surface area (Å²) < 4.78 is 0. The molecule has 1 amide bonds. The average molecular weight is 299 g/mol. The molecule has 5 nitrogen and oxygen atoms in total. The number of amides is 1. The topological polar surface area (TPSA) is 75.6 Å². The summed E-state index contributed by atoms with van der Waals surface area (Å²) in [6.07, 6.45) is 0. The first kappa shape index (κ1) is 16.5. The molecule has 2 aromatic rings. The van der Waals surface area contributed by atoms with Crippen molar-refractivity contribution in [3.8, 4) is 5.75 Å². The van der Waals surface area contributed by atoms with Gasteiger partial charge in [-0.1, -0.05) is 30.3 Å². The van der Waals surface area contributed by atoms with Gasteiger partial charge in [0.25, 0.3) is 5.91 Å². The van der Waals surface area contributed by atoms with Gasteiger partial charge in [0.1, 0.15) is 5.56 Å². The molecule has 0 bridgehead atoms. The zero-order chi connectivity index (χ0) is 13.7. The van der Waals surface area contributed by atoms with Gasteiger partial charge >= 0.3 is 43.7 Å². The van der Waals surface area contributed by atoms with Gasteiger partial charge in [0.15, 0.2) is 5.75 Å². The molecule has 0 radical (unpaired) electrons. The van der Waals surface area contributed by atoms with Crippen LogP contribution in [0, 0.1) is 0 Å². The first-order chi connectivity index (χ1) is 9.18. The number of carboxylic acid groups (broad SMARTS) is 1. The van der Waals surface area contributed by atoms with Gasteiger partial charge in [-0.3, -0.25) is 4.79 Å². The van der Waals surface area contributed by atoms with Crippen molar-refractivity contribution in [1.29, 1.82) is 0 Å². The molecular weight excluding hydrogens is 286 g/mol. The molecule has 0 aliphatic rings.